The molecule has 1 fully saturated rings. The van der Waals surface area contributed by atoms with Gasteiger partial charge in [0, 0.05) is 6.26 Å². The maximum absolute atomic E-state index is 11.7. The van der Waals surface area contributed by atoms with Crippen LogP contribution < -0.4 is 0 Å². The average Bonchev–Trinajstić information content (AvgIpc) is 3.03. The molecule has 0 heterocycles. The van der Waals surface area contributed by atoms with E-state index < -0.39 is 9.84 Å². The quantitative estimate of drug-likeness (QED) is 0.867. The highest BCUT2D eigenvalue weighted by atomic mass is 32.2. The predicted molar refractivity (Wildman–Crippen MR) is 104 cm³/mol. The summed E-state index contributed by atoms with van der Waals surface area (Å²) in [7, 11) is -3.17. The topological polar surface area (TPSA) is 54.4 Å². The average molecular weight is 368 g/mol. The normalized spacial score (nSPS) is 19.0. The van der Waals surface area contributed by atoms with Gasteiger partial charge in [-0.05, 0) is 71.1 Å². The lowest BCUT2D eigenvalue weighted by Crippen LogP contribution is -2.26. The molecule has 3 nitrogen and oxygen atoms in total. The Hall–Kier alpha value is -1.91. The third-order valence-electron chi connectivity index (χ3n) is 6.00. The van der Waals surface area contributed by atoms with Gasteiger partial charge in [-0.25, -0.2) is 8.42 Å². The summed E-state index contributed by atoms with van der Waals surface area (Å²) in [5.41, 5.74) is 6.39. The molecule has 0 aliphatic heterocycles. The lowest BCUT2D eigenvalue weighted by atomic mass is 9.66. The van der Waals surface area contributed by atoms with Gasteiger partial charge < -0.3 is 5.11 Å². The number of allylic oxidation sites excluding steroid dienone is 2. The standard InChI is InChI=1S/C22H24O3S/c1-26(24,25)19-9-7-18(8-10-19)21-14-22(11-2-12-22)13-20(21)17-5-3-16(15-23)4-6-17/h3-10,23H,2,11-15H2,1H3. The Labute approximate surface area is 155 Å². The van der Waals surface area contributed by atoms with Crippen molar-refractivity contribution in [2.75, 3.05) is 6.26 Å². The fourth-order valence-corrected chi connectivity index (χ4v) is 4.95. The first kappa shape index (κ1) is 17.5. The van der Waals surface area contributed by atoms with Gasteiger partial charge in [-0.2, -0.15) is 0 Å². The molecule has 2 aromatic carbocycles. The van der Waals surface area contributed by atoms with E-state index in [0.717, 1.165) is 24.0 Å². The van der Waals surface area contributed by atoms with Crippen LogP contribution in [0.15, 0.2) is 53.4 Å². The monoisotopic (exact) mass is 368 g/mol. The van der Waals surface area contributed by atoms with Crippen molar-refractivity contribution in [3.8, 4) is 0 Å². The zero-order chi connectivity index (χ0) is 18.4. The molecule has 1 spiro atoms. The summed E-state index contributed by atoms with van der Waals surface area (Å²) in [5, 5.41) is 9.28. The second-order valence-electron chi connectivity index (χ2n) is 7.82. The van der Waals surface area contributed by atoms with Crippen LogP contribution in [0.1, 0.15) is 48.8 Å². The lowest BCUT2D eigenvalue weighted by molar-refractivity contribution is 0.157. The molecule has 4 heteroatoms. The third-order valence-corrected chi connectivity index (χ3v) is 7.13. The van der Waals surface area contributed by atoms with E-state index in [9.17, 15) is 13.5 Å². The Kier molecular flexibility index (Phi) is 4.28. The van der Waals surface area contributed by atoms with Crippen molar-refractivity contribution in [3.63, 3.8) is 0 Å². The van der Waals surface area contributed by atoms with Crippen LogP contribution in [0.5, 0.6) is 0 Å². The van der Waals surface area contributed by atoms with Crippen LogP contribution in [0.3, 0.4) is 0 Å². The van der Waals surface area contributed by atoms with Crippen molar-refractivity contribution < 1.29 is 13.5 Å². The molecule has 1 N–H and O–H groups in total. The van der Waals surface area contributed by atoms with Crippen LogP contribution in [-0.4, -0.2) is 19.8 Å². The predicted octanol–water partition coefficient (Wildman–Crippen LogP) is 4.46. The van der Waals surface area contributed by atoms with Gasteiger partial charge in [0.1, 0.15) is 0 Å². The number of hydrogen-bond donors (Lipinski definition) is 1. The van der Waals surface area contributed by atoms with Crippen LogP contribution in [0.25, 0.3) is 11.1 Å². The van der Waals surface area contributed by atoms with Gasteiger partial charge in [0.2, 0.25) is 0 Å². The second-order valence-corrected chi connectivity index (χ2v) is 9.83. The van der Waals surface area contributed by atoms with Gasteiger partial charge >= 0.3 is 0 Å². The first-order valence-corrected chi connectivity index (χ1v) is 11.0. The van der Waals surface area contributed by atoms with Crippen molar-refractivity contribution in [1.82, 2.24) is 0 Å². The highest BCUT2D eigenvalue weighted by Crippen LogP contribution is 2.59. The molecule has 0 atom stereocenters. The molecule has 4 rings (SSSR count). The number of hydrogen-bond acceptors (Lipinski definition) is 3. The van der Waals surface area contributed by atoms with Gasteiger partial charge in [0.25, 0.3) is 0 Å². The Morgan fingerprint density at radius 1 is 0.885 bits per heavy atom. The number of aliphatic hydroxyl groups is 1. The molecule has 0 unspecified atom stereocenters. The fraction of sp³-hybridized carbons (Fsp3) is 0.364. The molecule has 0 radical (unpaired) electrons. The highest BCUT2D eigenvalue weighted by molar-refractivity contribution is 7.90. The molecule has 0 saturated heterocycles. The summed E-state index contributed by atoms with van der Waals surface area (Å²) < 4.78 is 23.5. The summed E-state index contributed by atoms with van der Waals surface area (Å²) in [6.07, 6.45) is 7.26. The Morgan fingerprint density at radius 2 is 1.38 bits per heavy atom. The molecule has 0 amide bonds. The molecular formula is C22H24O3S. The summed E-state index contributed by atoms with van der Waals surface area (Å²) in [4.78, 5) is 0.368. The smallest absolute Gasteiger partial charge is 0.175 e. The molecular weight excluding hydrogens is 344 g/mol. The van der Waals surface area contributed by atoms with Crippen LogP contribution in [0.2, 0.25) is 0 Å². The van der Waals surface area contributed by atoms with E-state index >= 15 is 0 Å². The molecule has 2 aliphatic rings. The first-order chi connectivity index (χ1) is 12.4. The Bertz CT molecular complexity index is 947. The van der Waals surface area contributed by atoms with E-state index in [1.807, 2.05) is 24.3 Å². The van der Waals surface area contributed by atoms with Crippen molar-refractivity contribution in [2.45, 2.75) is 43.6 Å². The lowest BCUT2D eigenvalue weighted by Gasteiger charge is -2.39. The number of benzene rings is 2. The van der Waals surface area contributed by atoms with Gasteiger partial charge in [-0.1, -0.05) is 42.8 Å². The van der Waals surface area contributed by atoms with Crippen LogP contribution in [-0.2, 0) is 16.4 Å². The van der Waals surface area contributed by atoms with Crippen molar-refractivity contribution in [1.29, 1.82) is 0 Å². The number of sulfone groups is 1. The molecule has 2 aliphatic carbocycles. The largest absolute Gasteiger partial charge is 0.392 e. The van der Waals surface area contributed by atoms with E-state index in [1.54, 1.807) is 12.1 Å². The van der Waals surface area contributed by atoms with E-state index in [0.29, 0.717) is 10.3 Å². The molecule has 1 saturated carbocycles. The molecule has 26 heavy (non-hydrogen) atoms. The maximum atomic E-state index is 11.7. The zero-order valence-corrected chi connectivity index (χ0v) is 15.8. The van der Waals surface area contributed by atoms with Gasteiger partial charge in [0.15, 0.2) is 9.84 Å². The van der Waals surface area contributed by atoms with Gasteiger partial charge in [-0.3, -0.25) is 0 Å². The Morgan fingerprint density at radius 3 is 1.77 bits per heavy atom. The fourth-order valence-electron chi connectivity index (χ4n) is 4.32. The second kappa shape index (κ2) is 6.36. The first-order valence-electron chi connectivity index (χ1n) is 9.13. The number of aliphatic hydroxyl groups excluding tert-OH is 1. The van der Waals surface area contributed by atoms with Gasteiger partial charge in [0.05, 0.1) is 11.5 Å². The van der Waals surface area contributed by atoms with Gasteiger partial charge in [-0.15, -0.1) is 0 Å². The van der Waals surface area contributed by atoms with E-state index in [2.05, 4.69) is 12.1 Å². The van der Waals surface area contributed by atoms with E-state index in [-0.39, 0.29) is 6.61 Å². The van der Waals surface area contributed by atoms with Crippen molar-refractivity contribution in [2.24, 2.45) is 5.41 Å². The molecule has 136 valence electrons. The SMILES string of the molecule is CS(=O)(=O)c1ccc(C2=C(c3ccc(CO)cc3)CC3(CCC3)C2)cc1. The third kappa shape index (κ3) is 3.12. The minimum Gasteiger partial charge on any atom is -0.392 e. The maximum Gasteiger partial charge on any atom is 0.175 e. The van der Waals surface area contributed by atoms with Crippen LogP contribution in [0, 0.1) is 5.41 Å². The minimum absolute atomic E-state index is 0.0586. The summed E-state index contributed by atoms with van der Waals surface area (Å²) in [6, 6.07) is 15.5. The molecule has 2 aromatic rings. The summed E-state index contributed by atoms with van der Waals surface area (Å²) in [5.74, 6) is 0. The van der Waals surface area contributed by atoms with Crippen molar-refractivity contribution in [3.05, 3.63) is 65.2 Å². The van der Waals surface area contributed by atoms with Crippen LogP contribution in [0.4, 0.5) is 0 Å². The molecule has 0 aromatic heterocycles. The summed E-state index contributed by atoms with van der Waals surface area (Å²) >= 11 is 0. The summed E-state index contributed by atoms with van der Waals surface area (Å²) in [6.45, 7) is 0.0586. The van der Waals surface area contributed by atoms with E-state index in [4.69, 9.17) is 0 Å². The minimum atomic E-state index is -3.17. The Balaban J connectivity index is 1.75. The zero-order valence-electron chi connectivity index (χ0n) is 15.0. The molecule has 0 bridgehead atoms. The van der Waals surface area contributed by atoms with E-state index in [1.165, 1.54) is 42.2 Å². The van der Waals surface area contributed by atoms with Crippen molar-refractivity contribution >= 4 is 21.0 Å². The van der Waals surface area contributed by atoms with Crippen LogP contribution >= 0.6 is 0 Å². The number of rotatable bonds is 4. The highest BCUT2D eigenvalue weighted by Gasteiger charge is 2.43.